The van der Waals surface area contributed by atoms with E-state index in [1.54, 1.807) is 0 Å². The Morgan fingerprint density at radius 3 is 2.75 bits per heavy atom. The summed E-state index contributed by atoms with van der Waals surface area (Å²) in [6.45, 7) is 9.09. The van der Waals surface area contributed by atoms with Gasteiger partial charge in [0, 0.05) is 12.5 Å². The van der Waals surface area contributed by atoms with E-state index in [0.29, 0.717) is 30.2 Å². The first-order valence-corrected chi connectivity index (χ1v) is 8.58. The summed E-state index contributed by atoms with van der Waals surface area (Å²) in [7, 11) is 0. The molecule has 2 fully saturated rings. The number of rotatable bonds is 4. The lowest BCUT2D eigenvalue weighted by Crippen LogP contribution is -2.44. The molecule has 0 aromatic heterocycles. The molecule has 1 heterocycles. The summed E-state index contributed by atoms with van der Waals surface area (Å²) in [5.41, 5.74) is 0. The summed E-state index contributed by atoms with van der Waals surface area (Å²) in [5, 5.41) is 6.76. The molecule has 0 bridgehead atoms. The van der Waals surface area contributed by atoms with Gasteiger partial charge in [-0.3, -0.25) is 4.79 Å². The molecule has 1 amide bonds. The Kier molecular flexibility index (Phi) is 5.88. The maximum atomic E-state index is 12.3. The molecule has 0 radical (unpaired) electrons. The van der Waals surface area contributed by atoms with Gasteiger partial charge in [-0.2, -0.15) is 0 Å². The summed E-state index contributed by atoms with van der Waals surface area (Å²) < 4.78 is 0. The van der Waals surface area contributed by atoms with Crippen LogP contribution in [0.4, 0.5) is 0 Å². The van der Waals surface area contributed by atoms with Crippen molar-refractivity contribution in [2.45, 2.75) is 65.3 Å². The van der Waals surface area contributed by atoms with Crippen LogP contribution in [0, 0.1) is 23.7 Å². The van der Waals surface area contributed by atoms with Gasteiger partial charge in [-0.05, 0) is 56.0 Å². The zero-order chi connectivity index (χ0) is 14.5. The van der Waals surface area contributed by atoms with Crippen molar-refractivity contribution in [1.82, 2.24) is 10.6 Å². The number of carbonyl (C=O) groups excluding carboxylic acids is 1. The van der Waals surface area contributed by atoms with Gasteiger partial charge in [0.15, 0.2) is 0 Å². The van der Waals surface area contributed by atoms with Crippen molar-refractivity contribution in [1.29, 1.82) is 0 Å². The van der Waals surface area contributed by atoms with E-state index in [9.17, 15) is 4.79 Å². The molecule has 2 rings (SSSR count). The van der Waals surface area contributed by atoms with Crippen LogP contribution in [0.2, 0.25) is 0 Å². The zero-order valence-corrected chi connectivity index (χ0v) is 13.5. The summed E-state index contributed by atoms with van der Waals surface area (Å²) in [5.74, 6) is 2.82. The molecule has 3 nitrogen and oxygen atoms in total. The maximum Gasteiger partial charge on any atom is 0.220 e. The highest BCUT2D eigenvalue weighted by Crippen LogP contribution is 2.30. The Balaban J connectivity index is 1.76. The van der Waals surface area contributed by atoms with Crippen LogP contribution in [0.1, 0.15) is 59.3 Å². The lowest BCUT2D eigenvalue weighted by atomic mass is 9.78. The third-order valence-electron chi connectivity index (χ3n) is 5.70. The molecule has 5 atom stereocenters. The summed E-state index contributed by atoms with van der Waals surface area (Å²) in [6.07, 6.45) is 6.98. The van der Waals surface area contributed by atoms with Crippen molar-refractivity contribution in [2.75, 3.05) is 13.1 Å². The monoisotopic (exact) mass is 280 g/mol. The second-order valence-corrected chi connectivity index (χ2v) is 7.23. The molecule has 2 N–H and O–H groups in total. The lowest BCUT2D eigenvalue weighted by molar-refractivity contribution is -0.123. The van der Waals surface area contributed by atoms with Crippen LogP contribution < -0.4 is 10.6 Å². The molecular weight excluding hydrogens is 248 g/mol. The molecule has 5 unspecified atom stereocenters. The summed E-state index contributed by atoms with van der Waals surface area (Å²) >= 11 is 0. The number of hydrogen-bond acceptors (Lipinski definition) is 2. The average Bonchev–Trinajstić information content (AvgIpc) is 2.45. The maximum absolute atomic E-state index is 12.3. The fraction of sp³-hybridized carbons (Fsp3) is 0.941. The normalized spacial score (nSPS) is 36.4. The average molecular weight is 280 g/mol. The number of piperidine rings is 1. The fourth-order valence-electron chi connectivity index (χ4n) is 3.87. The summed E-state index contributed by atoms with van der Waals surface area (Å²) in [4.78, 5) is 12.3. The van der Waals surface area contributed by atoms with Crippen LogP contribution in [0.5, 0.6) is 0 Å². The molecule has 3 heteroatoms. The smallest absolute Gasteiger partial charge is 0.220 e. The van der Waals surface area contributed by atoms with E-state index in [1.807, 2.05) is 0 Å². The minimum atomic E-state index is 0.272. The van der Waals surface area contributed by atoms with E-state index < -0.39 is 0 Å². The SMILES string of the molecule is CC(CC(=O)NC1CCCC(C)C1C)C1CCCNC1. The van der Waals surface area contributed by atoms with Crippen LogP contribution in [-0.4, -0.2) is 25.0 Å². The van der Waals surface area contributed by atoms with Crippen LogP contribution >= 0.6 is 0 Å². The van der Waals surface area contributed by atoms with Crippen LogP contribution in [0.25, 0.3) is 0 Å². The van der Waals surface area contributed by atoms with Crippen molar-refractivity contribution >= 4 is 5.91 Å². The van der Waals surface area contributed by atoms with Crippen LogP contribution in [-0.2, 0) is 4.79 Å². The van der Waals surface area contributed by atoms with Crippen molar-refractivity contribution in [3.8, 4) is 0 Å². The Morgan fingerprint density at radius 1 is 1.25 bits per heavy atom. The molecule has 20 heavy (non-hydrogen) atoms. The van der Waals surface area contributed by atoms with Crippen LogP contribution in [0.3, 0.4) is 0 Å². The lowest BCUT2D eigenvalue weighted by Gasteiger charge is -2.35. The molecule has 0 aromatic carbocycles. The quantitative estimate of drug-likeness (QED) is 0.831. The topological polar surface area (TPSA) is 41.1 Å². The van der Waals surface area contributed by atoms with Gasteiger partial charge in [-0.25, -0.2) is 0 Å². The molecule has 116 valence electrons. The van der Waals surface area contributed by atoms with Crippen molar-refractivity contribution in [3.05, 3.63) is 0 Å². The number of hydrogen-bond donors (Lipinski definition) is 2. The summed E-state index contributed by atoms with van der Waals surface area (Å²) in [6, 6.07) is 0.405. The highest BCUT2D eigenvalue weighted by molar-refractivity contribution is 5.76. The predicted octanol–water partition coefficient (Wildman–Crippen LogP) is 2.95. The minimum Gasteiger partial charge on any atom is -0.353 e. The van der Waals surface area contributed by atoms with Gasteiger partial charge in [-0.15, -0.1) is 0 Å². The molecule has 1 aliphatic heterocycles. The molecule has 2 aliphatic rings. The van der Waals surface area contributed by atoms with Crippen molar-refractivity contribution in [3.63, 3.8) is 0 Å². The van der Waals surface area contributed by atoms with E-state index in [4.69, 9.17) is 0 Å². The molecule has 1 aliphatic carbocycles. The van der Waals surface area contributed by atoms with Gasteiger partial charge >= 0.3 is 0 Å². The van der Waals surface area contributed by atoms with Gasteiger partial charge in [0.05, 0.1) is 0 Å². The third kappa shape index (κ3) is 4.21. The predicted molar refractivity (Wildman–Crippen MR) is 83.5 cm³/mol. The minimum absolute atomic E-state index is 0.272. The van der Waals surface area contributed by atoms with Gasteiger partial charge in [0.25, 0.3) is 0 Å². The second-order valence-electron chi connectivity index (χ2n) is 7.23. The first-order valence-electron chi connectivity index (χ1n) is 8.58. The Bertz CT molecular complexity index is 312. The van der Waals surface area contributed by atoms with E-state index in [2.05, 4.69) is 31.4 Å². The Labute approximate surface area is 124 Å². The molecule has 1 saturated heterocycles. The highest BCUT2D eigenvalue weighted by atomic mass is 16.1. The largest absolute Gasteiger partial charge is 0.353 e. The number of nitrogens with one attached hydrogen (secondary N) is 2. The number of amides is 1. The van der Waals surface area contributed by atoms with Gasteiger partial charge in [0.1, 0.15) is 0 Å². The standard InChI is InChI=1S/C17H32N2O/c1-12-6-4-8-16(14(12)3)19-17(20)10-13(2)15-7-5-9-18-11-15/h12-16,18H,4-11H2,1-3H3,(H,19,20). The van der Waals surface area contributed by atoms with Gasteiger partial charge < -0.3 is 10.6 Å². The zero-order valence-electron chi connectivity index (χ0n) is 13.5. The van der Waals surface area contributed by atoms with E-state index in [1.165, 1.54) is 25.7 Å². The van der Waals surface area contributed by atoms with Crippen molar-refractivity contribution in [2.24, 2.45) is 23.7 Å². The van der Waals surface area contributed by atoms with Gasteiger partial charge in [-0.1, -0.05) is 33.6 Å². The Hall–Kier alpha value is -0.570. The molecular formula is C17H32N2O. The molecule has 0 aromatic rings. The van der Waals surface area contributed by atoms with E-state index in [0.717, 1.165) is 25.4 Å². The molecule has 1 saturated carbocycles. The van der Waals surface area contributed by atoms with Crippen molar-refractivity contribution < 1.29 is 4.79 Å². The highest BCUT2D eigenvalue weighted by Gasteiger charge is 2.29. The molecule has 0 spiro atoms. The first kappa shape index (κ1) is 15.8. The van der Waals surface area contributed by atoms with Gasteiger partial charge in [0.2, 0.25) is 5.91 Å². The van der Waals surface area contributed by atoms with E-state index >= 15 is 0 Å². The second kappa shape index (κ2) is 7.44. The van der Waals surface area contributed by atoms with E-state index in [-0.39, 0.29) is 5.91 Å². The Morgan fingerprint density at radius 2 is 2.05 bits per heavy atom. The first-order chi connectivity index (χ1) is 9.58. The van der Waals surface area contributed by atoms with Crippen LogP contribution in [0.15, 0.2) is 0 Å². The third-order valence-corrected chi connectivity index (χ3v) is 5.70. The number of carbonyl (C=O) groups is 1. The fourth-order valence-corrected chi connectivity index (χ4v) is 3.87.